The quantitative estimate of drug-likeness (QED) is 0.368. The van der Waals surface area contributed by atoms with Crippen LogP contribution < -0.4 is 15.4 Å². The van der Waals surface area contributed by atoms with Crippen molar-refractivity contribution in [1.29, 1.82) is 0 Å². The van der Waals surface area contributed by atoms with E-state index in [1.54, 1.807) is 24.3 Å². The Balaban J connectivity index is 1.72. The SMILES string of the molecule is CCOCCOc1ncc(F)cc1C(=O)N[C@@H]1N=C(c2c(Cl)cc(Cl)cc2Cl)c2ccccc2NC1=O. The second-order valence-corrected chi connectivity index (χ2v) is 8.94. The molecular formula is C25H20Cl3FN4O4. The molecule has 2 N–H and O–H groups in total. The van der Waals surface area contributed by atoms with Gasteiger partial charge >= 0.3 is 0 Å². The smallest absolute Gasteiger partial charge is 0.269 e. The predicted molar refractivity (Wildman–Crippen MR) is 140 cm³/mol. The molecule has 3 aromatic rings. The standard InChI is InChI=1S/C25H20Cl3FN4O4/c1-2-36-7-8-37-25-16(11-14(29)12-30-25)23(34)33-22-24(35)31-19-6-4-3-5-15(19)21(32-22)20-17(27)9-13(26)10-18(20)28/h3-6,9-12,22H,2,7-8H2,1H3,(H,31,35)(H,33,34)/t22-/m0/s1. The molecule has 1 aliphatic rings. The Hall–Kier alpha value is -3.24. The third-order valence-corrected chi connectivity index (χ3v) is 6.01. The number of anilines is 1. The summed E-state index contributed by atoms with van der Waals surface area (Å²) in [4.78, 5) is 34.6. The summed E-state index contributed by atoms with van der Waals surface area (Å²) >= 11 is 19.0. The maximum atomic E-state index is 14.0. The molecule has 0 bridgehead atoms. The molecule has 0 spiro atoms. The summed E-state index contributed by atoms with van der Waals surface area (Å²) in [5.41, 5.74) is 1.30. The van der Waals surface area contributed by atoms with Gasteiger partial charge in [0.05, 0.1) is 34.2 Å². The summed E-state index contributed by atoms with van der Waals surface area (Å²) in [5.74, 6) is -2.35. The maximum Gasteiger partial charge on any atom is 0.269 e. The lowest BCUT2D eigenvalue weighted by atomic mass is 10.0. The van der Waals surface area contributed by atoms with Gasteiger partial charge in [0.2, 0.25) is 12.0 Å². The van der Waals surface area contributed by atoms with Crippen molar-refractivity contribution >= 4 is 58.0 Å². The van der Waals surface area contributed by atoms with E-state index in [9.17, 15) is 14.0 Å². The molecule has 0 saturated heterocycles. The van der Waals surface area contributed by atoms with Crippen LogP contribution in [0.5, 0.6) is 5.88 Å². The fourth-order valence-electron chi connectivity index (χ4n) is 3.57. The van der Waals surface area contributed by atoms with Crippen molar-refractivity contribution in [2.75, 3.05) is 25.1 Å². The Morgan fingerprint density at radius 3 is 2.59 bits per heavy atom. The highest BCUT2D eigenvalue weighted by Gasteiger charge is 2.30. The normalized spacial score (nSPS) is 14.8. The van der Waals surface area contributed by atoms with Crippen LogP contribution in [0.4, 0.5) is 10.1 Å². The highest BCUT2D eigenvalue weighted by molar-refractivity contribution is 6.44. The van der Waals surface area contributed by atoms with Gasteiger partial charge in [0, 0.05) is 22.8 Å². The first-order chi connectivity index (χ1) is 17.8. The third-order valence-electron chi connectivity index (χ3n) is 5.19. The number of aromatic nitrogens is 1. The second kappa shape index (κ2) is 11.9. The first-order valence-corrected chi connectivity index (χ1v) is 12.2. The molecule has 192 valence electrons. The molecule has 2 heterocycles. The summed E-state index contributed by atoms with van der Waals surface area (Å²) in [6.45, 7) is 2.64. The van der Waals surface area contributed by atoms with E-state index in [4.69, 9.17) is 44.3 Å². The molecule has 0 fully saturated rings. The minimum absolute atomic E-state index is 0.0852. The van der Waals surface area contributed by atoms with E-state index in [0.717, 1.165) is 12.3 Å². The van der Waals surface area contributed by atoms with Gasteiger partial charge in [0.1, 0.15) is 18.0 Å². The number of amides is 2. The number of hydrogen-bond acceptors (Lipinski definition) is 6. The zero-order valence-electron chi connectivity index (χ0n) is 19.4. The highest BCUT2D eigenvalue weighted by atomic mass is 35.5. The number of fused-ring (bicyclic) bond motifs is 1. The number of benzodiazepines with no additional fused rings is 1. The number of rotatable bonds is 8. The summed E-state index contributed by atoms with van der Waals surface area (Å²) in [6.07, 6.45) is -0.514. The summed E-state index contributed by atoms with van der Waals surface area (Å²) < 4.78 is 24.7. The number of pyridine rings is 1. The first-order valence-electron chi connectivity index (χ1n) is 11.1. The van der Waals surface area contributed by atoms with Crippen LogP contribution in [0.1, 0.15) is 28.4 Å². The van der Waals surface area contributed by atoms with Gasteiger partial charge in [-0.3, -0.25) is 9.59 Å². The van der Waals surface area contributed by atoms with Crippen LogP contribution in [0.15, 0.2) is 53.7 Å². The Kier molecular flexibility index (Phi) is 8.60. The molecule has 2 amide bonds. The highest BCUT2D eigenvalue weighted by Crippen LogP contribution is 2.34. The van der Waals surface area contributed by atoms with E-state index in [0.29, 0.717) is 28.4 Å². The van der Waals surface area contributed by atoms with Crippen LogP contribution >= 0.6 is 34.8 Å². The van der Waals surface area contributed by atoms with Crippen molar-refractivity contribution in [2.45, 2.75) is 13.1 Å². The number of carbonyl (C=O) groups excluding carboxylic acids is 2. The zero-order chi connectivity index (χ0) is 26.5. The van der Waals surface area contributed by atoms with Crippen molar-refractivity contribution < 1.29 is 23.5 Å². The minimum Gasteiger partial charge on any atom is -0.475 e. The number of carbonyl (C=O) groups is 2. The Bertz CT molecular complexity index is 1360. The molecule has 12 heteroatoms. The number of para-hydroxylation sites is 1. The number of halogens is 4. The topological polar surface area (TPSA) is 102 Å². The molecule has 8 nitrogen and oxygen atoms in total. The van der Waals surface area contributed by atoms with Crippen LogP contribution in [0.2, 0.25) is 15.1 Å². The lowest BCUT2D eigenvalue weighted by molar-refractivity contribution is -0.117. The maximum absolute atomic E-state index is 14.0. The van der Waals surface area contributed by atoms with Crippen LogP contribution in [0.25, 0.3) is 0 Å². The summed E-state index contributed by atoms with van der Waals surface area (Å²) in [5, 5.41) is 5.96. The van der Waals surface area contributed by atoms with Gasteiger partial charge in [0.15, 0.2) is 0 Å². The van der Waals surface area contributed by atoms with Crippen LogP contribution in [-0.2, 0) is 9.53 Å². The number of nitrogens with one attached hydrogen (secondary N) is 2. The van der Waals surface area contributed by atoms with Gasteiger partial charge < -0.3 is 20.1 Å². The number of ether oxygens (including phenoxy) is 2. The first kappa shape index (κ1) is 26.8. The zero-order valence-corrected chi connectivity index (χ0v) is 21.6. The van der Waals surface area contributed by atoms with Crippen molar-refractivity contribution in [3.8, 4) is 5.88 Å². The van der Waals surface area contributed by atoms with E-state index < -0.39 is 23.8 Å². The van der Waals surface area contributed by atoms with Gasteiger partial charge in [-0.2, -0.15) is 0 Å². The molecular weight excluding hydrogens is 546 g/mol. The predicted octanol–water partition coefficient (Wildman–Crippen LogP) is 5.14. The molecule has 0 unspecified atom stereocenters. The Morgan fingerprint density at radius 2 is 1.86 bits per heavy atom. The fourth-order valence-corrected chi connectivity index (χ4v) is 4.57. The second-order valence-electron chi connectivity index (χ2n) is 7.68. The van der Waals surface area contributed by atoms with Crippen molar-refractivity contribution in [3.63, 3.8) is 0 Å². The van der Waals surface area contributed by atoms with Gasteiger partial charge in [-0.25, -0.2) is 14.4 Å². The van der Waals surface area contributed by atoms with Gasteiger partial charge in [-0.1, -0.05) is 53.0 Å². The number of benzene rings is 2. The lowest BCUT2D eigenvalue weighted by Gasteiger charge is -2.16. The molecule has 1 aromatic heterocycles. The van der Waals surface area contributed by atoms with Crippen LogP contribution in [-0.4, -0.2) is 48.5 Å². The van der Waals surface area contributed by atoms with Crippen molar-refractivity contribution in [3.05, 3.63) is 86.2 Å². The van der Waals surface area contributed by atoms with E-state index in [2.05, 4.69) is 20.6 Å². The van der Waals surface area contributed by atoms with Crippen molar-refractivity contribution in [1.82, 2.24) is 10.3 Å². The van der Waals surface area contributed by atoms with Gasteiger partial charge in [-0.15, -0.1) is 0 Å². The molecule has 4 rings (SSSR count). The van der Waals surface area contributed by atoms with Crippen molar-refractivity contribution in [2.24, 2.45) is 4.99 Å². The number of aliphatic imine (C=N–C) groups is 1. The fraction of sp³-hybridized carbons (Fsp3) is 0.200. The molecule has 37 heavy (non-hydrogen) atoms. The number of hydrogen-bond donors (Lipinski definition) is 2. The molecule has 1 atom stereocenters. The van der Waals surface area contributed by atoms with E-state index in [1.165, 1.54) is 12.1 Å². The lowest BCUT2D eigenvalue weighted by Crippen LogP contribution is -2.42. The average Bonchev–Trinajstić information content (AvgIpc) is 2.98. The summed E-state index contributed by atoms with van der Waals surface area (Å²) in [6, 6.07) is 10.8. The van der Waals surface area contributed by atoms with Crippen LogP contribution in [0.3, 0.4) is 0 Å². The van der Waals surface area contributed by atoms with E-state index in [-0.39, 0.29) is 40.4 Å². The summed E-state index contributed by atoms with van der Waals surface area (Å²) in [7, 11) is 0. The largest absolute Gasteiger partial charge is 0.475 e. The Labute approximate surface area is 226 Å². The molecule has 1 aliphatic heterocycles. The molecule has 0 aliphatic carbocycles. The van der Waals surface area contributed by atoms with Gasteiger partial charge in [0.25, 0.3) is 11.8 Å². The monoisotopic (exact) mass is 564 g/mol. The van der Waals surface area contributed by atoms with Gasteiger partial charge in [-0.05, 0) is 31.2 Å². The Morgan fingerprint density at radius 1 is 1.14 bits per heavy atom. The molecule has 0 saturated carbocycles. The third kappa shape index (κ3) is 6.19. The average molecular weight is 566 g/mol. The van der Waals surface area contributed by atoms with E-state index >= 15 is 0 Å². The molecule has 0 radical (unpaired) electrons. The minimum atomic E-state index is -1.43. The number of nitrogens with zero attached hydrogens (tertiary/aromatic N) is 2. The molecule has 2 aromatic carbocycles. The van der Waals surface area contributed by atoms with E-state index in [1.807, 2.05) is 6.92 Å². The van der Waals surface area contributed by atoms with Crippen LogP contribution in [0, 0.1) is 5.82 Å².